The molecule has 0 aliphatic heterocycles. The van der Waals surface area contributed by atoms with E-state index in [-0.39, 0.29) is 0 Å². The van der Waals surface area contributed by atoms with Crippen molar-refractivity contribution in [3.63, 3.8) is 0 Å². The van der Waals surface area contributed by atoms with Crippen molar-refractivity contribution in [1.82, 2.24) is 5.32 Å². The van der Waals surface area contributed by atoms with Crippen LogP contribution in [0.1, 0.15) is 37.8 Å². The summed E-state index contributed by atoms with van der Waals surface area (Å²) in [6, 6.07) is 9.40. The highest BCUT2D eigenvalue weighted by molar-refractivity contribution is 5.30. The normalized spacial score (nSPS) is 18.1. The van der Waals surface area contributed by atoms with E-state index in [4.69, 9.17) is 9.47 Å². The van der Waals surface area contributed by atoms with Crippen molar-refractivity contribution in [2.24, 2.45) is 5.92 Å². The summed E-state index contributed by atoms with van der Waals surface area (Å²) in [6.45, 7) is 3.05. The van der Waals surface area contributed by atoms with E-state index in [1.807, 2.05) is 12.1 Å². The molecule has 1 saturated carbocycles. The van der Waals surface area contributed by atoms with Gasteiger partial charge in [-0.1, -0.05) is 12.1 Å². The zero-order chi connectivity index (χ0) is 13.7. The molecule has 1 N–H and O–H groups in total. The Morgan fingerprint density at radius 2 is 1.89 bits per heavy atom. The van der Waals surface area contributed by atoms with Crippen LogP contribution in [-0.4, -0.2) is 26.9 Å². The fraction of sp³-hybridized carbons (Fsp3) is 0.625. The first kappa shape index (κ1) is 14.4. The topological polar surface area (TPSA) is 30.5 Å². The Morgan fingerprint density at radius 1 is 1.21 bits per heavy atom. The van der Waals surface area contributed by atoms with Gasteiger partial charge in [0, 0.05) is 25.8 Å². The van der Waals surface area contributed by atoms with Crippen LogP contribution in [0.3, 0.4) is 0 Å². The summed E-state index contributed by atoms with van der Waals surface area (Å²) in [5.41, 5.74) is 1.37. The summed E-state index contributed by atoms with van der Waals surface area (Å²) < 4.78 is 10.4. The molecule has 0 heterocycles. The molecule has 1 aliphatic carbocycles. The monoisotopic (exact) mass is 263 g/mol. The summed E-state index contributed by atoms with van der Waals surface area (Å²) in [7, 11) is 3.47. The Labute approximate surface area is 116 Å². The lowest BCUT2D eigenvalue weighted by atomic mass is 10.0. The predicted octanol–water partition coefficient (Wildman–Crippen LogP) is 3.16. The molecule has 2 rings (SSSR count). The molecule has 106 valence electrons. The average molecular weight is 263 g/mol. The molecule has 0 bridgehead atoms. The Balaban J connectivity index is 1.98. The van der Waals surface area contributed by atoms with Crippen molar-refractivity contribution in [2.45, 2.75) is 38.3 Å². The largest absolute Gasteiger partial charge is 0.497 e. The summed E-state index contributed by atoms with van der Waals surface area (Å²) in [6.07, 6.45) is 3.72. The standard InChI is InChI=1S/C16H25NO2/c1-12(10-11-18-2)17-16(13-4-5-13)14-6-8-15(19-3)9-7-14/h6-9,12-13,16-17H,4-5,10-11H2,1-3H3. The van der Waals surface area contributed by atoms with E-state index in [1.54, 1.807) is 14.2 Å². The Hall–Kier alpha value is -1.06. The van der Waals surface area contributed by atoms with Crippen molar-refractivity contribution in [2.75, 3.05) is 20.8 Å². The molecule has 0 spiro atoms. The summed E-state index contributed by atoms with van der Waals surface area (Å²) in [5, 5.41) is 3.75. The van der Waals surface area contributed by atoms with E-state index < -0.39 is 0 Å². The second-order valence-electron chi connectivity index (χ2n) is 5.44. The minimum absolute atomic E-state index is 0.470. The third-order valence-corrected chi connectivity index (χ3v) is 3.79. The molecular formula is C16H25NO2. The number of rotatable bonds is 8. The van der Waals surface area contributed by atoms with Crippen LogP contribution in [0.2, 0.25) is 0 Å². The van der Waals surface area contributed by atoms with Gasteiger partial charge in [-0.2, -0.15) is 0 Å². The van der Waals surface area contributed by atoms with Gasteiger partial charge >= 0.3 is 0 Å². The van der Waals surface area contributed by atoms with Crippen LogP contribution in [0.25, 0.3) is 0 Å². The van der Waals surface area contributed by atoms with Crippen LogP contribution in [0.4, 0.5) is 0 Å². The van der Waals surface area contributed by atoms with Gasteiger partial charge in [0.15, 0.2) is 0 Å². The zero-order valence-electron chi connectivity index (χ0n) is 12.2. The highest BCUT2D eigenvalue weighted by Gasteiger charge is 2.32. The summed E-state index contributed by atoms with van der Waals surface area (Å²) >= 11 is 0. The minimum Gasteiger partial charge on any atom is -0.497 e. The number of nitrogens with one attached hydrogen (secondary N) is 1. The first-order chi connectivity index (χ1) is 9.24. The van der Waals surface area contributed by atoms with Crippen LogP contribution in [0.5, 0.6) is 5.75 Å². The maximum atomic E-state index is 5.22. The minimum atomic E-state index is 0.470. The van der Waals surface area contributed by atoms with Crippen molar-refractivity contribution < 1.29 is 9.47 Å². The van der Waals surface area contributed by atoms with Crippen molar-refractivity contribution in [1.29, 1.82) is 0 Å². The third kappa shape index (κ3) is 4.22. The van der Waals surface area contributed by atoms with E-state index in [0.29, 0.717) is 12.1 Å². The molecule has 1 aromatic rings. The quantitative estimate of drug-likeness (QED) is 0.781. The van der Waals surface area contributed by atoms with Crippen LogP contribution in [-0.2, 0) is 4.74 Å². The fourth-order valence-electron chi connectivity index (χ4n) is 2.43. The molecule has 1 aromatic carbocycles. The van der Waals surface area contributed by atoms with Gasteiger partial charge < -0.3 is 14.8 Å². The smallest absolute Gasteiger partial charge is 0.118 e. The van der Waals surface area contributed by atoms with E-state index in [1.165, 1.54) is 18.4 Å². The van der Waals surface area contributed by atoms with Crippen LogP contribution < -0.4 is 10.1 Å². The number of hydrogen-bond acceptors (Lipinski definition) is 3. The lowest BCUT2D eigenvalue weighted by Crippen LogP contribution is -2.32. The van der Waals surface area contributed by atoms with E-state index in [0.717, 1.165) is 24.7 Å². The molecule has 1 fully saturated rings. The molecular weight excluding hydrogens is 238 g/mol. The molecule has 19 heavy (non-hydrogen) atoms. The Kier molecular flexibility index (Phi) is 5.23. The van der Waals surface area contributed by atoms with E-state index in [2.05, 4.69) is 24.4 Å². The number of hydrogen-bond donors (Lipinski definition) is 1. The van der Waals surface area contributed by atoms with Gasteiger partial charge in [-0.05, 0) is 49.8 Å². The van der Waals surface area contributed by atoms with E-state index in [9.17, 15) is 0 Å². The summed E-state index contributed by atoms with van der Waals surface area (Å²) in [5.74, 6) is 1.71. The van der Waals surface area contributed by atoms with E-state index >= 15 is 0 Å². The van der Waals surface area contributed by atoms with Crippen molar-refractivity contribution in [3.05, 3.63) is 29.8 Å². The molecule has 3 nitrogen and oxygen atoms in total. The molecule has 0 saturated heterocycles. The van der Waals surface area contributed by atoms with Crippen LogP contribution in [0.15, 0.2) is 24.3 Å². The van der Waals surface area contributed by atoms with Gasteiger partial charge in [0.05, 0.1) is 7.11 Å². The zero-order valence-corrected chi connectivity index (χ0v) is 12.2. The Bertz CT molecular complexity index is 373. The van der Waals surface area contributed by atoms with Gasteiger partial charge in [-0.15, -0.1) is 0 Å². The summed E-state index contributed by atoms with van der Waals surface area (Å²) in [4.78, 5) is 0. The maximum Gasteiger partial charge on any atom is 0.118 e. The fourth-order valence-corrected chi connectivity index (χ4v) is 2.43. The van der Waals surface area contributed by atoms with Crippen molar-refractivity contribution in [3.8, 4) is 5.75 Å². The number of benzene rings is 1. The predicted molar refractivity (Wildman–Crippen MR) is 77.5 cm³/mol. The second kappa shape index (κ2) is 6.92. The van der Waals surface area contributed by atoms with Gasteiger partial charge in [-0.3, -0.25) is 0 Å². The highest BCUT2D eigenvalue weighted by Crippen LogP contribution is 2.41. The molecule has 0 aromatic heterocycles. The Morgan fingerprint density at radius 3 is 2.42 bits per heavy atom. The molecule has 1 aliphatic rings. The first-order valence-electron chi connectivity index (χ1n) is 7.13. The molecule has 2 atom stereocenters. The highest BCUT2D eigenvalue weighted by atomic mass is 16.5. The van der Waals surface area contributed by atoms with Crippen molar-refractivity contribution >= 4 is 0 Å². The van der Waals surface area contributed by atoms with Gasteiger partial charge in [0.2, 0.25) is 0 Å². The average Bonchev–Trinajstić information content (AvgIpc) is 3.27. The SMILES string of the molecule is COCCC(C)NC(c1ccc(OC)cc1)C1CC1. The van der Waals surface area contributed by atoms with Gasteiger partial charge in [0.25, 0.3) is 0 Å². The first-order valence-corrected chi connectivity index (χ1v) is 7.13. The lowest BCUT2D eigenvalue weighted by Gasteiger charge is -2.24. The second-order valence-corrected chi connectivity index (χ2v) is 5.44. The molecule has 0 amide bonds. The van der Waals surface area contributed by atoms with Gasteiger partial charge in [0.1, 0.15) is 5.75 Å². The molecule has 3 heteroatoms. The third-order valence-electron chi connectivity index (χ3n) is 3.79. The number of ether oxygens (including phenoxy) is 2. The van der Waals surface area contributed by atoms with Crippen LogP contribution in [0, 0.1) is 5.92 Å². The molecule has 2 unspecified atom stereocenters. The maximum absolute atomic E-state index is 5.22. The number of methoxy groups -OCH3 is 2. The van der Waals surface area contributed by atoms with Gasteiger partial charge in [-0.25, -0.2) is 0 Å². The van der Waals surface area contributed by atoms with Crippen LogP contribution >= 0.6 is 0 Å². The lowest BCUT2D eigenvalue weighted by molar-refractivity contribution is 0.181. The molecule has 0 radical (unpaired) electrons.